The molecular weight excluding hydrogens is 977 g/mol. The molecule has 1 fully saturated rings. The maximum Gasteiger partial charge on any atom is 0.408 e. The van der Waals surface area contributed by atoms with Gasteiger partial charge in [0.05, 0.1) is 13.2 Å². The molecule has 1 saturated carbocycles. The minimum Gasteiger partial charge on any atom is -0.467 e. The lowest BCUT2D eigenvalue weighted by molar-refractivity contribution is -0.145. The fourth-order valence-electron chi connectivity index (χ4n) is 10.2. The van der Waals surface area contributed by atoms with Crippen molar-refractivity contribution in [2.24, 2.45) is 5.92 Å². The van der Waals surface area contributed by atoms with Crippen LogP contribution in [0.3, 0.4) is 0 Å². The molecule has 5 amide bonds. The number of Topliss-reactive ketones (excluding diaryl/α,β-unsaturated/α-hetero) is 1. The number of ether oxygens (including phenoxy) is 2. The number of carbonyl (C=O) groups is 7. The zero-order chi connectivity index (χ0) is 53.7. The third-order valence-corrected chi connectivity index (χ3v) is 14.3. The first-order valence-electron chi connectivity index (χ1n) is 26.0. The van der Waals surface area contributed by atoms with Crippen molar-refractivity contribution in [3.05, 3.63) is 180 Å². The van der Waals surface area contributed by atoms with Crippen LogP contribution < -0.4 is 26.6 Å². The molecule has 5 aromatic carbocycles. The van der Waals surface area contributed by atoms with E-state index in [2.05, 4.69) is 41.5 Å². The maximum atomic E-state index is 14.6. The van der Waals surface area contributed by atoms with Crippen molar-refractivity contribution < 1.29 is 43.0 Å². The quantitative estimate of drug-likeness (QED) is 0.0327. The topological polar surface area (TPSA) is 245 Å². The molecular formula is C60H62N8O9. The Hall–Kier alpha value is -8.99. The van der Waals surface area contributed by atoms with E-state index in [0.29, 0.717) is 19.3 Å². The van der Waals surface area contributed by atoms with Gasteiger partial charge in [-0.2, -0.15) is 0 Å². The van der Waals surface area contributed by atoms with E-state index in [4.69, 9.17) is 9.47 Å². The van der Waals surface area contributed by atoms with Crippen molar-refractivity contribution in [1.29, 1.82) is 0 Å². The number of hydrogen-bond donors (Lipinski definition) is 8. The fourth-order valence-corrected chi connectivity index (χ4v) is 10.2. The number of benzene rings is 5. The fraction of sp³-hybridized carbons (Fsp3) is 0.283. The molecule has 0 spiro atoms. The summed E-state index contributed by atoms with van der Waals surface area (Å²) in [5, 5.41) is 16.9. The van der Waals surface area contributed by atoms with Gasteiger partial charge in [0, 0.05) is 89.3 Å². The van der Waals surface area contributed by atoms with Crippen molar-refractivity contribution in [1.82, 2.24) is 41.5 Å². The Morgan fingerprint density at radius 2 is 1.00 bits per heavy atom. The number of aromatic amines is 3. The minimum atomic E-state index is -1.19. The normalized spacial score (nSPS) is 15.9. The van der Waals surface area contributed by atoms with Gasteiger partial charge in [0.1, 0.15) is 30.8 Å². The van der Waals surface area contributed by atoms with Crippen LogP contribution in [0.1, 0.15) is 59.9 Å². The molecule has 0 saturated heterocycles. The summed E-state index contributed by atoms with van der Waals surface area (Å²) in [4.78, 5) is 108. The number of hydrogen-bond acceptors (Lipinski definition) is 9. The van der Waals surface area contributed by atoms with E-state index in [1.54, 1.807) is 18.6 Å². The Morgan fingerprint density at radius 1 is 0.532 bits per heavy atom. The molecule has 396 valence electrons. The highest BCUT2D eigenvalue weighted by atomic mass is 16.5. The van der Waals surface area contributed by atoms with Crippen LogP contribution in [0.5, 0.6) is 0 Å². The molecule has 8 N–H and O–H groups in total. The molecule has 0 aliphatic heterocycles. The smallest absolute Gasteiger partial charge is 0.408 e. The first-order valence-corrected chi connectivity index (χ1v) is 26.0. The molecule has 17 nitrogen and oxygen atoms in total. The molecule has 1 aliphatic rings. The highest BCUT2D eigenvalue weighted by Gasteiger charge is 2.36. The van der Waals surface area contributed by atoms with Crippen LogP contribution in [-0.4, -0.2) is 93.7 Å². The molecule has 6 atom stereocenters. The molecule has 3 aromatic heterocycles. The van der Waals surface area contributed by atoms with Gasteiger partial charge in [0.15, 0.2) is 5.78 Å². The molecule has 3 heterocycles. The first kappa shape index (κ1) is 52.9. The van der Waals surface area contributed by atoms with Crippen molar-refractivity contribution >= 4 is 74.2 Å². The summed E-state index contributed by atoms with van der Waals surface area (Å²) >= 11 is 0. The zero-order valence-electron chi connectivity index (χ0n) is 42.6. The number of para-hydroxylation sites is 3. The van der Waals surface area contributed by atoms with Crippen LogP contribution in [0.25, 0.3) is 32.7 Å². The molecule has 0 unspecified atom stereocenters. The van der Waals surface area contributed by atoms with Crippen LogP contribution in [0, 0.1) is 5.92 Å². The average molecular weight is 1040 g/mol. The van der Waals surface area contributed by atoms with Crippen LogP contribution in [-0.2, 0) is 70.5 Å². The minimum absolute atomic E-state index is 0.0291. The molecule has 9 rings (SSSR count). The molecule has 0 bridgehead atoms. The Morgan fingerprint density at radius 3 is 1.53 bits per heavy atom. The van der Waals surface area contributed by atoms with Gasteiger partial charge in [-0.15, -0.1) is 0 Å². The molecule has 77 heavy (non-hydrogen) atoms. The van der Waals surface area contributed by atoms with Crippen LogP contribution >= 0.6 is 0 Å². The third kappa shape index (κ3) is 13.5. The van der Waals surface area contributed by atoms with Gasteiger partial charge >= 0.3 is 12.1 Å². The lowest BCUT2D eigenvalue weighted by Gasteiger charge is -2.30. The van der Waals surface area contributed by atoms with Crippen LogP contribution in [0.4, 0.5) is 4.79 Å². The van der Waals surface area contributed by atoms with Gasteiger partial charge in [-0.3, -0.25) is 24.0 Å². The second-order valence-corrected chi connectivity index (χ2v) is 19.5. The number of methoxy groups -OCH3 is 1. The largest absolute Gasteiger partial charge is 0.467 e. The van der Waals surface area contributed by atoms with E-state index in [1.807, 2.05) is 133 Å². The number of amides is 5. The highest BCUT2D eigenvalue weighted by Crippen LogP contribution is 2.27. The van der Waals surface area contributed by atoms with Gasteiger partial charge in [-0.05, 0) is 65.3 Å². The number of carbonyl (C=O) groups excluding carboxylic acids is 7. The Kier molecular flexibility index (Phi) is 17.2. The van der Waals surface area contributed by atoms with Crippen LogP contribution in [0.2, 0.25) is 0 Å². The third-order valence-electron chi connectivity index (χ3n) is 14.3. The Bertz CT molecular complexity index is 3370. The second kappa shape index (κ2) is 25.0. The van der Waals surface area contributed by atoms with E-state index in [0.717, 1.165) is 60.5 Å². The Balaban J connectivity index is 0.885. The molecule has 17 heteroatoms. The van der Waals surface area contributed by atoms with E-state index >= 15 is 0 Å². The van der Waals surface area contributed by atoms with Crippen molar-refractivity contribution in [2.45, 2.75) is 94.6 Å². The van der Waals surface area contributed by atoms with Crippen molar-refractivity contribution in [3.63, 3.8) is 0 Å². The summed E-state index contributed by atoms with van der Waals surface area (Å²) in [6.45, 7) is -0.0291. The van der Waals surface area contributed by atoms with Gasteiger partial charge < -0.3 is 51.0 Å². The molecule has 0 radical (unpaired) electrons. The van der Waals surface area contributed by atoms with Gasteiger partial charge in [0.25, 0.3) is 0 Å². The number of esters is 1. The van der Waals surface area contributed by atoms with Crippen LogP contribution in [0.15, 0.2) is 152 Å². The van der Waals surface area contributed by atoms with E-state index < -0.39 is 71.8 Å². The number of rotatable bonds is 22. The van der Waals surface area contributed by atoms with E-state index in [1.165, 1.54) is 7.11 Å². The van der Waals surface area contributed by atoms with E-state index in [9.17, 15) is 33.6 Å². The predicted molar refractivity (Wildman–Crippen MR) is 291 cm³/mol. The molecule has 1 aliphatic carbocycles. The number of fused-ring (bicyclic) bond motifs is 3. The Labute approximate surface area is 444 Å². The van der Waals surface area contributed by atoms with Gasteiger partial charge in [-0.25, -0.2) is 9.59 Å². The van der Waals surface area contributed by atoms with Gasteiger partial charge in [0.2, 0.25) is 23.6 Å². The molecule has 8 aromatic rings. The lowest BCUT2D eigenvalue weighted by atomic mass is 9.81. The summed E-state index contributed by atoms with van der Waals surface area (Å²) in [6.07, 6.45) is 6.35. The monoisotopic (exact) mass is 1040 g/mol. The van der Waals surface area contributed by atoms with E-state index in [-0.39, 0.29) is 50.9 Å². The number of alkyl carbamates (subject to hydrolysis) is 1. The second-order valence-electron chi connectivity index (χ2n) is 19.5. The van der Waals surface area contributed by atoms with Crippen molar-refractivity contribution in [2.75, 3.05) is 7.11 Å². The summed E-state index contributed by atoms with van der Waals surface area (Å²) in [6, 6.07) is 35.7. The van der Waals surface area contributed by atoms with Gasteiger partial charge in [-0.1, -0.05) is 122 Å². The number of aromatic nitrogens is 3. The first-order chi connectivity index (χ1) is 37.5. The number of ketones is 1. The average Bonchev–Trinajstić information content (AvgIpc) is 4.19. The lowest BCUT2D eigenvalue weighted by Crippen LogP contribution is -2.57. The number of H-pyrrole nitrogens is 3. The highest BCUT2D eigenvalue weighted by molar-refractivity contribution is 5.97. The van der Waals surface area contributed by atoms with Crippen molar-refractivity contribution in [3.8, 4) is 0 Å². The SMILES string of the molecule is COC(=O)[C@H](Cc1ccccc1)NC(=O)[C@H](Cc1c[nH]c2ccccc12)NC(=O)CC[C@H]1CCC[C@@H](NC(=O)[C@H](Cc2c[nH]c3ccccc23)NC(=O)[C@H](Cc2c[nH]c3ccccc23)NC(=O)OCc2ccccc2)C1=O. The summed E-state index contributed by atoms with van der Waals surface area (Å²) in [7, 11) is 1.25. The standard InChI is InChI=1S/C60H62N8O9/c1-76-59(74)53(29-37-15-4-2-5-16-37)67-56(71)50(30-40-33-61-46-23-11-8-20-43(40)46)64-54(69)28-27-39-19-14-26-49(55(39)70)65-57(72)51(31-41-34-62-47-24-12-9-21-44(41)47)66-58(73)52(32-42-35-63-48-25-13-10-22-45(42)48)68-60(75)77-36-38-17-6-3-7-18-38/h2-13,15-18,20-25,33-35,39,49-53,61-63H,14,19,26-32,36H2,1H3,(H,64,69)(H,65,72)(H,66,73)(H,67,71)(H,68,75)/t39-,49-,50+,51+,52+,53+/m1/s1. The zero-order valence-corrected chi connectivity index (χ0v) is 42.6. The number of nitrogens with one attached hydrogen (secondary N) is 8. The summed E-state index contributed by atoms with van der Waals surface area (Å²) in [5.41, 5.74) is 6.38. The predicted octanol–water partition coefficient (Wildman–Crippen LogP) is 6.96. The maximum absolute atomic E-state index is 14.6. The summed E-state index contributed by atoms with van der Waals surface area (Å²) < 4.78 is 10.6. The summed E-state index contributed by atoms with van der Waals surface area (Å²) in [5.74, 6) is -3.76.